The zero-order chi connectivity index (χ0) is 16.4. The number of fused-ring (bicyclic) bond motifs is 1. The Bertz CT molecular complexity index is 578. The van der Waals surface area contributed by atoms with Crippen LogP contribution in [0.5, 0.6) is 11.5 Å². The fraction of sp³-hybridized carbons (Fsp3) is 0.588. The number of hydrogen-bond acceptors (Lipinski definition) is 5. The summed E-state index contributed by atoms with van der Waals surface area (Å²) in [5.74, 6) is 1.23. The Morgan fingerprint density at radius 3 is 2.74 bits per heavy atom. The van der Waals surface area contributed by atoms with E-state index in [1.165, 1.54) is 0 Å². The van der Waals surface area contributed by atoms with Crippen LogP contribution < -0.4 is 9.47 Å². The maximum Gasteiger partial charge on any atom is 0.254 e. The van der Waals surface area contributed by atoms with Crippen molar-refractivity contribution in [3.05, 3.63) is 23.8 Å². The van der Waals surface area contributed by atoms with E-state index in [2.05, 4.69) is 11.9 Å². The number of carbonyl (C=O) groups excluding carboxylic acids is 1. The number of piperidine rings is 1. The van der Waals surface area contributed by atoms with Crippen LogP contribution in [0.2, 0.25) is 0 Å². The maximum atomic E-state index is 13.0. The van der Waals surface area contributed by atoms with Gasteiger partial charge in [0.25, 0.3) is 5.91 Å². The fourth-order valence-corrected chi connectivity index (χ4v) is 3.42. The van der Waals surface area contributed by atoms with Gasteiger partial charge in [-0.05, 0) is 31.7 Å². The van der Waals surface area contributed by atoms with Crippen LogP contribution in [0, 0.1) is 0 Å². The van der Waals surface area contributed by atoms with Gasteiger partial charge in [0.05, 0.1) is 33.0 Å². The van der Waals surface area contributed by atoms with Crippen molar-refractivity contribution < 1.29 is 19.0 Å². The van der Waals surface area contributed by atoms with E-state index in [9.17, 15) is 4.79 Å². The number of methoxy groups -OCH3 is 2. The van der Waals surface area contributed by atoms with Crippen molar-refractivity contribution in [3.63, 3.8) is 0 Å². The molecular formula is C17H24N2O4. The minimum absolute atomic E-state index is 0.0274. The van der Waals surface area contributed by atoms with E-state index in [0.717, 1.165) is 19.5 Å². The molecule has 2 fully saturated rings. The Labute approximate surface area is 136 Å². The molecule has 3 rings (SSSR count). The number of likely N-dealkylation sites (tertiary alicyclic amines) is 1. The molecule has 0 aromatic heterocycles. The summed E-state index contributed by atoms with van der Waals surface area (Å²) in [4.78, 5) is 17.2. The predicted octanol–water partition coefficient (Wildman–Crippen LogP) is 1.25. The second-order valence-electron chi connectivity index (χ2n) is 6.10. The van der Waals surface area contributed by atoms with Gasteiger partial charge in [0, 0.05) is 25.2 Å². The molecule has 2 heterocycles. The van der Waals surface area contributed by atoms with Crippen molar-refractivity contribution in [1.82, 2.24) is 9.80 Å². The maximum absolute atomic E-state index is 13.0. The van der Waals surface area contributed by atoms with Gasteiger partial charge in [-0.2, -0.15) is 0 Å². The number of morpholine rings is 1. The smallest absolute Gasteiger partial charge is 0.254 e. The molecular weight excluding hydrogens is 296 g/mol. The van der Waals surface area contributed by atoms with Gasteiger partial charge >= 0.3 is 0 Å². The van der Waals surface area contributed by atoms with E-state index < -0.39 is 0 Å². The monoisotopic (exact) mass is 320 g/mol. The lowest BCUT2D eigenvalue weighted by Gasteiger charge is -2.46. The third-order valence-corrected chi connectivity index (χ3v) is 4.68. The van der Waals surface area contributed by atoms with Gasteiger partial charge in [-0.3, -0.25) is 4.79 Å². The third kappa shape index (κ3) is 3.14. The molecule has 6 nitrogen and oxygen atoms in total. The van der Waals surface area contributed by atoms with Gasteiger partial charge in [-0.25, -0.2) is 0 Å². The highest BCUT2D eigenvalue weighted by molar-refractivity contribution is 5.95. The molecule has 0 radical (unpaired) electrons. The summed E-state index contributed by atoms with van der Waals surface area (Å²) in [7, 11) is 5.25. The fourth-order valence-electron chi connectivity index (χ4n) is 3.42. The van der Waals surface area contributed by atoms with E-state index >= 15 is 0 Å². The zero-order valence-corrected chi connectivity index (χ0v) is 13.9. The molecule has 2 aliphatic rings. The molecule has 0 aliphatic carbocycles. The summed E-state index contributed by atoms with van der Waals surface area (Å²) < 4.78 is 16.4. The average molecular weight is 320 g/mol. The highest BCUT2D eigenvalue weighted by Crippen LogP contribution is 2.30. The number of ether oxygens (including phenoxy) is 3. The molecule has 0 unspecified atom stereocenters. The van der Waals surface area contributed by atoms with Gasteiger partial charge in [0.1, 0.15) is 0 Å². The number of nitrogens with zero attached hydrogens (tertiary/aromatic N) is 2. The lowest BCUT2D eigenvalue weighted by Crippen LogP contribution is -2.60. The second-order valence-corrected chi connectivity index (χ2v) is 6.10. The molecule has 0 saturated carbocycles. The molecule has 1 aromatic rings. The number of amides is 1. The lowest BCUT2D eigenvalue weighted by atomic mass is 9.98. The van der Waals surface area contributed by atoms with Gasteiger partial charge in [-0.1, -0.05) is 0 Å². The van der Waals surface area contributed by atoms with E-state index in [4.69, 9.17) is 14.2 Å². The Balaban J connectivity index is 1.83. The quantitative estimate of drug-likeness (QED) is 0.839. The number of rotatable bonds is 3. The number of likely N-dealkylation sites (N-methyl/N-ethyl adjacent to an activating group) is 1. The lowest BCUT2D eigenvalue weighted by molar-refractivity contribution is -0.0869. The first-order valence-corrected chi connectivity index (χ1v) is 7.97. The Hall–Kier alpha value is -1.79. The minimum atomic E-state index is 0.0274. The Morgan fingerprint density at radius 1 is 1.22 bits per heavy atom. The third-order valence-electron chi connectivity index (χ3n) is 4.68. The summed E-state index contributed by atoms with van der Waals surface area (Å²) in [6, 6.07) is 5.43. The van der Waals surface area contributed by atoms with Crippen molar-refractivity contribution in [3.8, 4) is 11.5 Å². The molecule has 1 amide bonds. The van der Waals surface area contributed by atoms with E-state index in [1.807, 2.05) is 4.90 Å². The summed E-state index contributed by atoms with van der Waals surface area (Å²) in [6.45, 7) is 3.09. The van der Waals surface area contributed by atoms with Gasteiger partial charge in [-0.15, -0.1) is 0 Å². The first kappa shape index (κ1) is 16.1. The van der Waals surface area contributed by atoms with Gasteiger partial charge < -0.3 is 24.0 Å². The highest BCUT2D eigenvalue weighted by atomic mass is 16.5. The molecule has 0 spiro atoms. The molecule has 2 atom stereocenters. The van der Waals surface area contributed by atoms with Crippen LogP contribution in [0.4, 0.5) is 0 Å². The predicted molar refractivity (Wildman–Crippen MR) is 86.2 cm³/mol. The standard InChI is InChI=1S/C17H24N2O4/c1-18-7-6-14-13(11-18)19(8-9-23-14)17(20)12-4-5-15(21-2)16(10-12)22-3/h4-5,10,13-14H,6-9,11H2,1-3H3/t13-,14-/m1/s1. The van der Waals surface area contributed by atoms with E-state index in [-0.39, 0.29) is 18.1 Å². The topological polar surface area (TPSA) is 51.2 Å². The van der Waals surface area contributed by atoms with Crippen molar-refractivity contribution >= 4 is 5.91 Å². The number of benzene rings is 1. The first-order chi connectivity index (χ1) is 11.1. The van der Waals surface area contributed by atoms with Crippen LogP contribution in [0.3, 0.4) is 0 Å². The van der Waals surface area contributed by atoms with Crippen LogP contribution in [0.25, 0.3) is 0 Å². The molecule has 0 N–H and O–H groups in total. The molecule has 2 aliphatic heterocycles. The van der Waals surface area contributed by atoms with Crippen molar-refractivity contribution in [2.45, 2.75) is 18.6 Å². The number of hydrogen-bond donors (Lipinski definition) is 0. The molecule has 1 aromatic carbocycles. The van der Waals surface area contributed by atoms with Crippen molar-refractivity contribution in [1.29, 1.82) is 0 Å². The second kappa shape index (κ2) is 6.76. The SMILES string of the molecule is COc1ccc(C(=O)N2CCO[C@@H]3CCN(C)C[C@H]32)cc1OC. The largest absolute Gasteiger partial charge is 0.493 e. The van der Waals surface area contributed by atoms with Crippen LogP contribution in [-0.2, 0) is 4.74 Å². The van der Waals surface area contributed by atoms with Crippen LogP contribution in [0.1, 0.15) is 16.8 Å². The van der Waals surface area contributed by atoms with Crippen LogP contribution >= 0.6 is 0 Å². The first-order valence-electron chi connectivity index (χ1n) is 7.97. The number of carbonyl (C=O) groups is 1. The Kier molecular flexibility index (Phi) is 4.73. The van der Waals surface area contributed by atoms with Crippen LogP contribution in [0.15, 0.2) is 18.2 Å². The summed E-state index contributed by atoms with van der Waals surface area (Å²) in [5, 5.41) is 0. The van der Waals surface area contributed by atoms with E-state index in [1.54, 1.807) is 32.4 Å². The summed E-state index contributed by atoms with van der Waals surface area (Å²) in [6.07, 6.45) is 1.11. The van der Waals surface area contributed by atoms with Crippen molar-refractivity contribution in [2.75, 3.05) is 47.5 Å². The normalized spacial score (nSPS) is 24.9. The molecule has 126 valence electrons. The molecule has 2 saturated heterocycles. The molecule has 0 bridgehead atoms. The van der Waals surface area contributed by atoms with E-state index in [0.29, 0.717) is 30.2 Å². The zero-order valence-electron chi connectivity index (χ0n) is 13.9. The van der Waals surface area contributed by atoms with Crippen molar-refractivity contribution in [2.24, 2.45) is 0 Å². The van der Waals surface area contributed by atoms with Crippen LogP contribution in [-0.4, -0.2) is 75.4 Å². The molecule has 23 heavy (non-hydrogen) atoms. The average Bonchev–Trinajstić information content (AvgIpc) is 2.59. The van der Waals surface area contributed by atoms with Gasteiger partial charge in [0.15, 0.2) is 11.5 Å². The summed E-state index contributed by atoms with van der Waals surface area (Å²) >= 11 is 0. The minimum Gasteiger partial charge on any atom is -0.493 e. The summed E-state index contributed by atoms with van der Waals surface area (Å²) in [5.41, 5.74) is 0.622. The van der Waals surface area contributed by atoms with Gasteiger partial charge in [0.2, 0.25) is 0 Å². The highest BCUT2D eigenvalue weighted by Gasteiger charge is 2.38. The molecule has 6 heteroatoms. The Morgan fingerprint density at radius 2 is 2.00 bits per heavy atom.